The molecule has 8 nitrogen and oxygen atoms in total. The van der Waals surface area contributed by atoms with E-state index in [2.05, 4.69) is 15.5 Å². The maximum absolute atomic E-state index is 12.9. The minimum Gasteiger partial charge on any atom is -0.494 e. The number of nitrogens with one attached hydrogen (secondary N) is 1. The lowest BCUT2D eigenvalue weighted by Gasteiger charge is -2.24. The molecule has 148 valence electrons. The van der Waals surface area contributed by atoms with E-state index >= 15 is 0 Å². The van der Waals surface area contributed by atoms with E-state index in [4.69, 9.17) is 9.26 Å². The zero-order valence-corrected chi connectivity index (χ0v) is 16.2. The van der Waals surface area contributed by atoms with Crippen molar-refractivity contribution >= 4 is 11.8 Å². The van der Waals surface area contributed by atoms with Gasteiger partial charge < -0.3 is 18.7 Å². The van der Waals surface area contributed by atoms with Crippen LogP contribution in [0.5, 0.6) is 5.75 Å². The fourth-order valence-electron chi connectivity index (χ4n) is 2.87. The van der Waals surface area contributed by atoms with Crippen molar-refractivity contribution in [3.05, 3.63) is 60.4 Å². The van der Waals surface area contributed by atoms with Crippen molar-refractivity contribution in [2.45, 2.75) is 33.4 Å². The standard InChI is InChI=1S/C20H25N5O3/c1-3-27-18-8-5-4-7-17(18)14-25(11-6-10-24-12-9-21-15-24)20(26)22-19-13-16(2)28-23-19/h4-5,7-9,12-13,15H,3,6,10-11,14H2,1-2H3,(H,22,23,26). The minimum absolute atomic E-state index is 0.231. The van der Waals surface area contributed by atoms with Crippen molar-refractivity contribution in [1.82, 2.24) is 19.6 Å². The van der Waals surface area contributed by atoms with Gasteiger partial charge in [-0.3, -0.25) is 5.32 Å². The number of carbonyl (C=O) groups excluding carboxylic acids is 1. The van der Waals surface area contributed by atoms with Crippen LogP contribution in [0.3, 0.4) is 0 Å². The van der Waals surface area contributed by atoms with Gasteiger partial charge in [0.05, 0.1) is 19.5 Å². The van der Waals surface area contributed by atoms with Gasteiger partial charge in [-0.25, -0.2) is 9.78 Å². The highest BCUT2D eigenvalue weighted by atomic mass is 16.5. The van der Waals surface area contributed by atoms with Crippen LogP contribution in [0.25, 0.3) is 0 Å². The molecule has 0 radical (unpaired) electrons. The monoisotopic (exact) mass is 383 g/mol. The number of aryl methyl sites for hydroxylation is 2. The van der Waals surface area contributed by atoms with Gasteiger partial charge in [0, 0.05) is 37.1 Å². The number of rotatable bonds is 9. The van der Waals surface area contributed by atoms with Gasteiger partial charge in [-0.15, -0.1) is 0 Å². The van der Waals surface area contributed by atoms with Crippen LogP contribution >= 0.6 is 0 Å². The number of amides is 2. The summed E-state index contributed by atoms with van der Waals surface area (Å²) in [6, 6.07) is 9.22. The minimum atomic E-state index is -0.231. The van der Waals surface area contributed by atoms with Crippen LogP contribution in [0.2, 0.25) is 0 Å². The molecule has 3 rings (SSSR count). The van der Waals surface area contributed by atoms with Crippen molar-refractivity contribution in [3.63, 3.8) is 0 Å². The average Bonchev–Trinajstić information content (AvgIpc) is 3.34. The van der Waals surface area contributed by atoms with Crippen molar-refractivity contribution in [3.8, 4) is 5.75 Å². The van der Waals surface area contributed by atoms with Crippen LogP contribution in [0.4, 0.5) is 10.6 Å². The summed E-state index contributed by atoms with van der Waals surface area (Å²) in [5, 5.41) is 6.64. The van der Waals surface area contributed by atoms with E-state index in [1.54, 1.807) is 30.4 Å². The fourth-order valence-corrected chi connectivity index (χ4v) is 2.87. The summed E-state index contributed by atoms with van der Waals surface area (Å²) in [5.41, 5.74) is 0.957. The molecule has 0 aliphatic carbocycles. The molecule has 0 saturated heterocycles. The summed E-state index contributed by atoms with van der Waals surface area (Å²) in [7, 11) is 0. The Balaban J connectivity index is 1.70. The van der Waals surface area contributed by atoms with Gasteiger partial charge in [0.25, 0.3) is 0 Å². The smallest absolute Gasteiger partial charge is 0.323 e. The van der Waals surface area contributed by atoms with Crippen molar-refractivity contribution in [2.75, 3.05) is 18.5 Å². The largest absolute Gasteiger partial charge is 0.494 e. The number of carbonyl (C=O) groups is 1. The Labute approximate surface area is 164 Å². The molecule has 0 saturated carbocycles. The molecule has 0 atom stereocenters. The quantitative estimate of drug-likeness (QED) is 0.609. The molecule has 0 spiro atoms. The molecule has 1 N–H and O–H groups in total. The van der Waals surface area contributed by atoms with E-state index in [9.17, 15) is 4.79 Å². The molecule has 0 unspecified atom stereocenters. The predicted molar refractivity (Wildman–Crippen MR) is 105 cm³/mol. The zero-order chi connectivity index (χ0) is 19.8. The molecule has 1 aromatic carbocycles. The number of hydrogen-bond donors (Lipinski definition) is 1. The first-order valence-electron chi connectivity index (χ1n) is 9.31. The normalized spacial score (nSPS) is 10.6. The molecule has 2 heterocycles. The number of imidazole rings is 1. The molecule has 28 heavy (non-hydrogen) atoms. The first-order chi connectivity index (χ1) is 13.7. The molecular weight excluding hydrogens is 358 g/mol. The average molecular weight is 383 g/mol. The van der Waals surface area contributed by atoms with Gasteiger partial charge in [-0.05, 0) is 26.3 Å². The zero-order valence-electron chi connectivity index (χ0n) is 16.2. The molecule has 8 heteroatoms. The second kappa shape index (κ2) is 9.59. The molecule has 2 aromatic heterocycles. The lowest BCUT2D eigenvalue weighted by Crippen LogP contribution is -2.36. The molecule has 0 fully saturated rings. The third-order valence-corrected chi connectivity index (χ3v) is 4.19. The Morgan fingerprint density at radius 2 is 2.21 bits per heavy atom. The van der Waals surface area contributed by atoms with E-state index in [-0.39, 0.29) is 6.03 Å². The topological polar surface area (TPSA) is 85.4 Å². The summed E-state index contributed by atoms with van der Waals surface area (Å²) in [4.78, 5) is 18.7. The Hall–Kier alpha value is -3.29. The molecule has 2 amide bonds. The van der Waals surface area contributed by atoms with E-state index in [1.165, 1.54) is 0 Å². The summed E-state index contributed by atoms with van der Waals surface area (Å²) in [6.07, 6.45) is 6.22. The Morgan fingerprint density at radius 3 is 2.93 bits per heavy atom. The number of hydrogen-bond acceptors (Lipinski definition) is 5. The molecular formula is C20H25N5O3. The number of urea groups is 1. The van der Waals surface area contributed by atoms with Gasteiger partial charge >= 0.3 is 6.03 Å². The van der Waals surface area contributed by atoms with Gasteiger partial charge in [0.15, 0.2) is 5.82 Å². The Bertz CT molecular complexity index is 876. The van der Waals surface area contributed by atoms with Crippen LogP contribution in [0, 0.1) is 6.92 Å². The highest BCUT2D eigenvalue weighted by Crippen LogP contribution is 2.21. The van der Waals surface area contributed by atoms with Gasteiger partial charge in [0.2, 0.25) is 0 Å². The number of para-hydroxylation sites is 1. The number of nitrogens with zero attached hydrogens (tertiary/aromatic N) is 4. The highest BCUT2D eigenvalue weighted by Gasteiger charge is 2.17. The summed E-state index contributed by atoms with van der Waals surface area (Å²) >= 11 is 0. The van der Waals surface area contributed by atoms with Gasteiger partial charge in [-0.1, -0.05) is 23.4 Å². The lowest BCUT2D eigenvalue weighted by molar-refractivity contribution is 0.206. The van der Waals surface area contributed by atoms with Crippen molar-refractivity contribution in [1.29, 1.82) is 0 Å². The lowest BCUT2D eigenvalue weighted by atomic mass is 10.2. The first-order valence-corrected chi connectivity index (χ1v) is 9.31. The second-order valence-corrected chi connectivity index (χ2v) is 6.37. The fraction of sp³-hybridized carbons (Fsp3) is 0.350. The van der Waals surface area contributed by atoms with E-state index in [0.717, 1.165) is 24.3 Å². The maximum atomic E-state index is 12.9. The van der Waals surface area contributed by atoms with Crippen molar-refractivity contribution < 1.29 is 14.1 Å². The van der Waals surface area contributed by atoms with Crippen LogP contribution in [0.15, 0.2) is 53.6 Å². The molecule has 0 aliphatic heterocycles. The molecule has 3 aromatic rings. The summed E-state index contributed by atoms with van der Waals surface area (Å²) in [5.74, 6) is 1.83. The van der Waals surface area contributed by atoms with Gasteiger partial charge in [-0.2, -0.15) is 0 Å². The maximum Gasteiger partial charge on any atom is 0.323 e. The van der Waals surface area contributed by atoms with Crippen LogP contribution < -0.4 is 10.1 Å². The third-order valence-electron chi connectivity index (χ3n) is 4.19. The Kier molecular flexibility index (Phi) is 6.67. The summed E-state index contributed by atoms with van der Waals surface area (Å²) < 4.78 is 12.7. The first kappa shape index (κ1) is 19.5. The number of benzene rings is 1. The van der Waals surface area contributed by atoms with E-state index in [1.807, 2.05) is 42.0 Å². The number of ether oxygens (including phenoxy) is 1. The van der Waals surface area contributed by atoms with Crippen LogP contribution in [-0.2, 0) is 13.1 Å². The SMILES string of the molecule is CCOc1ccccc1CN(CCCn1ccnc1)C(=O)Nc1cc(C)on1. The molecule has 0 aliphatic rings. The van der Waals surface area contributed by atoms with Crippen LogP contribution in [0.1, 0.15) is 24.7 Å². The third kappa shape index (κ3) is 5.35. The van der Waals surface area contributed by atoms with E-state index in [0.29, 0.717) is 31.3 Å². The predicted octanol–water partition coefficient (Wildman–Crippen LogP) is 3.70. The second-order valence-electron chi connectivity index (χ2n) is 6.37. The van der Waals surface area contributed by atoms with Crippen molar-refractivity contribution in [2.24, 2.45) is 0 Å². The number of anilines is 1. The van der Waals surface area contributed by atoms with E-state index < -0.39 is 0 Å². The number of aromatic nitrogens is 3. The molecule has 0 bridgehead atoms. The summed E-state index contributed by atoms with van der Waals surface area (Å²) in [6.45, 7) is 6.08. The highest BCUT2D eigenvalue weighted by molar-refractivity contribution is 5.88. The van der Waals surface area contributed by atoms with Crippen LogP contribution in [-0.4, -0.2) is 38.8 Å². The van der Waals surface area contributed by atoms with Gasteiger partial charge in [0.1, 0.15) is 11.5 Å². The Morgan fingerprint density at radius 1 is 1.36 bits per heavy atom.